The number of epoxide rings is 1. The van der Waals surface area contributed by atoms with Gasteiger partial charge in [0.2, 0.25) is 12.5 Å². The monoisotopic (exact) mass is 522 g/mol. The van der Waals surface area contributed by atoms with Crippen molar-refractivity contribution in [1.29, 1.82) is 0 Å². The maximum absolute atomic E-state index is 13.2. The van der Waals surface area contributed by atoms with Gasteiger partial charge in [0.1, 0.15) is 12.2 Å². The predicted molar refractivity (Wildman–Crippen MR) is 128 cm³/mol. The van der Waals surface area contributed by atoms with Crippen molar-refractivity contribution in [3.63, 3.8) is 0 Å². The van der Waals surface area contributed by atoms with Crippen LogP contribution in [0.4, 0.5) is 0 Å². The van der Waals surface area contributed by atoms with Gasteiger partial charge in [-0.2, -0.15) is 0 Å². The molecule has 0 spiro atoms. The third kappa shape index (κ3) is 5.67. The van der Waals surface area contributed by atoms with E-state index in [0.717, 1.165) is 0 Å². The number of hydrogen-bond acceptors (Lipinski definition) is 11. The summed E-state index contributed by atoms with van der Waals surface area (Å²) in [6.07, 6.45) is -2.26. The van der Waals surface area contributed by atoms with Crippen LogP contribution in [0.1, 0.15) is 60.1 Å². The first-order valence-corrected chi connectivity index (χ1v) is 11.9. The second-order valence-corrected chi connectivity index (χ2v) is 9.43. The highest BCUT2D eigenvalue weighted by Gasteiger charge is 2.58. The summed E-state index contributed by atoms with van der Waals surface area (Å²) in [7, 11) is 1.44. The molecule has 11 nitrogen and oxygen atoms in total. The lowest BCUT2D eigenvalue weighted by atomic mass is 9.99. The van der Waals surface area contributed by atoms with Crippen molar-refractivity contribution in [2.24, 2.45) is 0 Å². The summed E-state index contributed by atoms with van der Waals surface area (Å²) < 4.78 is 38.2. The van der Waals surface area contributed by atoms with Gasteiger partial charge in [0.05, 0.1) is 13.2 Å². The van der Waals surface area contributed by atoms with E-state index in [1.54, 1.807) is 45.9 Å². The number of methoxy groups -OCH3 is 1. The molecule has 0 saturated carbocycles. The van der Waals surface area contributed by atoms with Crippen molar-refractivity contribution in [3.05, 3.63) is 29.3 Å². The smallest absolute Gasteiger partial charge is 0.342 e. The summed E-state index contributed by atoms with van der Waals surface area (Å²) in [5.41, 5.74) is -2.66. The first-order valence-electron chi connectivity index (χ1n) is 11.9. The quantitative estimate of drug-likeness (QED) is 0.210. The first-order chi connectivity index (χ1) is 17.3. The molecular formula is C26H34O11. The second-order valence-electron chi connectivity index (χ2n) is 9.43. The molecule has 0 aromatic heterocycles. The minimum Gasteiger partial charge on any atom is -0.493 e. The van der Waals surface area contributed by atoms with E-state index in [-0.39, 0.29) is 12.9 Å². The van der Waals surface area contributed by atoms with E-state index in [2.05, 4.69) is 0 Å². The zero-order valence-electron chi connectivity index (χ0n) is 22.3. The Balaban J connectivity index is 1.89. The zero-order chi connectivity index (χ0) is 27.7. The van der Waals surface area contributed by atoms with Crippen molar-refractivity contribution in [2.45, 2.75) is 84.1 Å². The molecule has 204 valence electrons. The van der Waals surface area contributed by atoms with E-state index in [0.29, 0.717) is 28.4 Å². The number of carbonyl (C=O) groups is 3. The van der Waals surface area contributed by atoms with Gasteiger partial charge in [-0.15, -0.1) is 0 Å². The number of hydrogen-bond donors (Lipinski definition) is 1. The Morgan fingerprint density at radius 1 is 1.19 bits per heavy atom. The summed E-state index contributed by atoms with van der Waals surface area (Å²) in [6.45, 7) is 10.6. The zero-order valence-corrected chi connectivity index (χ0v) is 22.3. The fourth-order valence-corrected chi connectivity index (χ4v) is 3.53. The van der Waals surface area contributed by atoms with Crippen molar-refractivity contribution in [1.82, 2.24) is 0 Å². The van der Waals surface area contributed by atoms with Crippen LogP contribution in [0, 0.1) is 0 Å². The van der Waals surface area contributed by atoms with Crippen molar-refractivity contribution >= 4 is 17.9 Å². The van der Waals surface area contributed by atoms with E-state index in [9.17, 15) is 19.5 Å². The van der Waals surface area contributed by atoms with Crippen LogP contribution in [0.2, 0.25) is 0 Å². The number of allylic oxidation sites excluding steroid dienone is 1. The predicted octanol–water partition coefficient (Wildman–Crippen LogP) is 2.77. The number of benzene rings is 1. The van der Waals surface area contributed by atoms with Gasteiger partial charge in [-0.25, -0.2) is 14.4 Å². The van der Waals surface area contributed by atoms with Crippen LogP contribution in [0.3, 0.4) is 0 Å². The van der Waals surface area contributed by atoms with Gasteiger partial charge in [0, 0.05) is 11.1 Å². The van der Waals surface area contributed by atoms with Gasteiger partial charge in [-0.1, -0.05) is 6.08 Å². The number of rotatable bonds is 10. The molecule has 0 unspecified atom stereocenters. The van der Waals surface area contributed by atoms with Gasteiger partial charge in [-0.3, -0.25) is 0 Å². The maximum Gasteiger partial charge on any atom is 0.342 e. The number of fused-ring (bicyclic) bond motifs is 1. The normalized spacial score (nSPS) is 24.2. The summed E-state index contributed by atoms with van der Waals surface area (Å²) in [6, 6.07) is 3.13. The Morgan fingerprint density at radius 2 is 1.84 bits per heavy atom. The Morgan fingerprint density at radius 3 is 2.41 bits per heavy atom. The molecule has 3 rings (SSSR count). The standard InChI is InChI=1S/C26H34O11/c1-9-13(2)22(27)35-15(4)25(6,30)23(28)36-20(14(3)34-24(29)26(7)16(5)37-26)17-10-18(31-8)21-19(11-17)32-12-33-21/h9-11,14-16,20,30H,12H2,1-8H3/b13-9-/t14-,15-,16-,20+,25+,26-/m1/s1. The molecule has 0 bridgehead atoms. The average molecular weight is 523 g/mol. The minimum absolute atomic E-state index is 0.0268. The van der Waals surface area contributed by atoms with Crippen LogP contribution in [-0.4, -0.2) is 66.4 Å². The van der Waals surface area contributed by atoms with Gasteiger partial charge in [0.15, 0.2) is 28.8 Å². The molecule has 2 heterocycles. The number of ether oxygens (including phenoxy) is 7. The van der Waals surface area contributed by atoms with E-state index >= 15 is 0 Å². The molecule has 11 heteroatoms. The largest absolute Gasteiger partial charge is 0.493 e. The number of carbonyl (C=O) groups excluding carboxylic acids is 3. The molecule has 1 aromatic carbocycles. The Bertz CT molecular complexity index is 1090. The van der Waals surface area contributed by atoms with Crippen molar-refractivity contribution in [2.75, 3.05) is 13.9 Å². The minimum atomic E-state index is -2.23. The summed E-state index contributed by atoms with van der Waals surface area (Å²) >= 11 is 0. The highest BCUT2D eigenvalue weighted by atomic mass is 16.7. The lowest BCUT2D eigenvalue weighted by molar-refractivity contribution is -0.194. The van der Waals surface area contributed by atoms with E-state index < -0.39 is 47.4 Å². The van der Waals surface area contributed by atoms with Crippen LogP contribution in [-0.2, 0) is 33.3 Å². The number of esters is 3. The third-order valence-corrected chi connectivity index (χ3v) is 6.75. The summed E-state index contributed by atoms with van der Waals surface area (Å²) in [4.78, 5) is 38.1. The van der Waals surface area contributed by atoms with Crippen LogP contribution in [0.25, 0.3) is 0 Å². The highest BCUT2D eigenvalue weighted by Crippen LogP contribution is 2.45. The van der Waals surface area contributed by atoms with E-state index in [1.807, 2.05) is 0 Å². The molecule has 2 aliphatic heterocycles. The van der Waals surface area contributed by atoms with Gasteiger partial charge < -0.3 is 38.3 Å². The molecule has 1 N–H and O–H groups in total. The van der Waals surface area contributed by atoms with Gasteiger partial charge in [-0.05, 0) is 60.6 Å². The maximum atomic E-state index is 13.2. The Labute approximate surface area is 215 Å². The highest BCUT2D eigenvalue weighted by molar-refractivity contribution is 5.88. The number of aliphatic hydroxyl groups is 1. The van der Waals surface area contributed by atoms with Crippen LogP contribution in [0.5, 0.6) is 17.2 Å². The summed E-state index contributed by atoms with van der Waals surface area (Å²) in [5.74, 6) is -1.38. The second kappa shape index (κ2) is 10.6. The molecule has 2 aliphatic rings. The molecule has 0 amide bonds. The van der Waals surface area contributed by atoms with Crippen molar-refractivity contribution < 1.29 is 52.6 Å². The topological polar surface area (TPSA) is 139 Å². The summed E-state index contributed by atoms with van der Waals surface area (Å²) in [5, 5.41) is 11.0. The van der Waals surface area contributed by atoms with E-state index in [4.69, 9.17) is 33.2 Å². The molecule has 1 fully saturated rings. The van der Waals surface area contributed by atoms with Crippen LogP contribution in [0.15, 0.2) is 23.8 Å². The average Bonchev–Trinajstić information content (AvgIpc) is 3.24. The molecule has 1 aromatic rings. The lowest BCUT2D eigenvalue weighted by Gasteiger charge is -2.32. The fraction of sp³-hybridized carbons (Fsp3) is 0.577. The van der Waals surface area contributed by atoms with Gasteiger partial charge in [0.25, 0.3) is 0 Å². The van der Waals surface area contributed by atoms with Gasteiger partial charge >= 0.3 is 17.9 Å². The molecule has 37 heavy (non-hydrogen) atoms. The Hall–Kier alpha value is -3.31. The lowest BCUT2D eigenvalue weighted by Crippen LogP contribution is -2.49. The molecule has 0 radical (unpaired) electrons. The molecule has 0 aliphatic carbocycles. The Kier molecular flexibility index (Phi) is 8.09. The molecule has 1 saturated heterocycles. The van der Waals surface area contributed by atoms with Crippen molar-refractivity contribution in [3.8, 4) is 17.2 Å². The SMILES string of the molecule is C/C=C(/C)C(=O)O[C@H](C)[C@](C)(O)C(=O)O[C@H](c1cc(OC)c2c(c1)OCO2)[C@@H](C)OC(=O)[C@]1(C)O[C@@H]1C. The first kappa shape index (κ1) is 28.3. The van der Waals surface area contributed by atoms with Crippen LogP contribution >= 0.6 is 0 Å². The molecular weight excluding hydrogens is 488 g/mol. The van der Waals surface area contributed by atoms with E-state index in [1.165, 1.54) is 27.9 Å². The van der Waals surface area contributed by atoms with Crippen LogP contribution < -0.4 is 14.2 Å². The molecule has 6 atom stereocenters. The fourth-order valence-electron chi connectivity index (χ4n) is 3.53. The third-order valence-electron chi connectivity index (χ3n) is 6.75.